The lowest BCUT2D eigenvalue weighted by molar-refractivity contribution is -0.120. The molecule has 2 rings (SSSR count). The summed E-state index contributed by atoms with van der Waals surface area (Å²) in [6.07, 6.45) is 1.16. The number of nitrogens with zero attached hydrogens (tertiary/aromatic N) is 1. The van der Waals surface area contributed by atoms with E-state index < -0.39 is 0 Å². The second-order valence-electron chi connectivity index (χ2n) is 3.71. The average Bonchev–Trinajstić information content (AvgIpc) is 2.71. The first-order valence-corrected chi connectivity index (χ1v) is 6.42. The molecule has 5 heteroatoms. The van der Waals surface area contributed by atoms with Crippen LogP contribution in [0.3, 0.4) is 0 Å². The van der Waals surface area contributed by atoms with Crippen molar-refractivity contribution in [1.29, 1.82) is 0 Å². The zero-order valence-corrected chi connectivity index (χ0v) is 10.3. The summed E-state index contributed by atoms with van der Waals surface area (Å²) in [4.78, 5) is 15.7. The first-order valence-electron chi connectivity index (χ1n) is 5.61. The summed E-state index contributed by atoms with van der Waals surface area (Å²) in [6, 6.07) is 8.05. The topological polar surface area (TPSA) is 68.0 Å². The highest BCUT2D eigenvalue weighted by Gasteiger charge is 2.03. The Balaban J connectivity index is 1.89. The molecule has 2 aromatic rings. The Morgan fingerprint density at radius 3 is 3.00 bits per heavy atom. The monoisotopic (exact) mass is 249 g/mol. The lowest BCUT2D eigenvalue weighted by atomic mass is 10.3. The number of carbonyl (C=O) groups excluding carboxylic acids is 1. The molecule has 17 heavy (non-hydrogen) atoms. The minimum absolute atomic E-state index is 0.00797. The standard InChI is InChI=1S/C12H15N3OS/c13-7-5-11(16)14-8-6-12-15-9-3-1-2-4-10(9)17-12/h1-4H,5-8,13H2,(H,14,16). The summed E-state index contributed by atoms with van der Waals surface area (Å²) in [5.41, 5.74) is 6.32. The third-order valence-corrected chi connectivity index (χ3v) is 3.47. The van der Waals surface area contributed by atoms with Crippen LogP contribution in [0.15, 0.2) is 24.3 Å². The first kappa shape index (κ1) is 12.0. The van der Waals surface area contributed by atoms with E-state index in [0.29, 0.717) is 19.5 Å². The largest absolute Gasteiger partial charge is 0.356 e. The molecule has 0 atom stereocenters. The Kier molecular flexibility index (Phi) is 4.06. The minimum atomic E-state index is 0.00797. The number of amides is 1. The maximum Gasteiger partial charge on any atom is 0.221 e. The molecule has 0 aliphatic heterocycles. The van der Waals surface area contributed by atoms with Crippen molar-refractivity contribution >= 4 is 27.5 Å². The van der Waals surface area contributed by atoms with E-state index in [1.165, 1.54) is 4.70 Å². The van der Waals surface area contributed by atoms with Gasteiger partial charge in [-0.2, -0.15) is 0 Å². The Morgan fingerprint density at radius 2 is 2.24 bits per heavy atom. The van der Waals surface area contributed by atoms with E-state index in [1.807, 2.05) is 18.2 Å². The van der Waals surface area contributed by atoms with Gasteiger partial charge in [-0.05, 0) is 12.1 Å². The van der Waals surface area contributed by atoms with Crippen molar-refractivity contribution in [1.82, 2.24) is 10.3 Å². The molecule has 0 radical (unpaired) electrons. The molecule has 1 heterocycles. The maximum absolute atomic E-state index is 11.2. The summed E-state index contributed by atoms with van der Waals surface area (Å²) in [5, 5.41) is 3.88. The molecule has 0 aliphatic rings. The molecule has 0 saturated heterocycles. The molecular weight excluding hydrogens is 234 g/mol. The molecule has 0 spiro atoms. The van der Waals surface area contributed by atoms with E-state index >= 15 is 0 Å². The summed E-state index contributed by atoms with van der Waals surface area (Å²) in [5.74, 6) is 0.00797. The molecule has 1 aromatic heterocycles. The number of benzene rings is 1. The highest BCUT2D eigenvalue weighted by molar-refractivity contribution is 7.18. The highest BCUT2D eigenvalue weighted by Crippen LogP contribution is 2.21. The van der Waals surface area contributed by atoms with E-state index in [9.17, 15) is 4.79 Å². The van der Waals surface area contributed by atoms with Crippen LogP contribution in [-0.2, 0) is 11.2 Å². The predicted molar refractivity (Wildman–Crippen MR) is 70.0 cm³/mol. The first-order chi connectivity index (χ1) is 8.29. The van der Waals surface area contributed by atoms with Gasteiger partial charge in [-0.3, -0.25) is 4.79 Å². The van der Waals surface area contributed by atoms with Gasteiger partial charge in [0.1, 0.15) is 0 Å². The van der Waals surface area contributed by atoms with Crippen molar-refractivity contribution in [2.45, 2.75) is 12.8 Å². The Bertz CT molecular complexity index is 476. The fourth-order valence-corrected chi connectivity index (χ4v) is 2.52. The van der Waals surface area contributed by atoms with Crippen LogP contribution >= 0.6 is 11.3 Å². The van der Waals surface area contributed by atoms with Crippen molar-refractivity contribution in [2.75, 3.05) is 13.1 Å². The molecule has 4 nitrogen and oxygen atoms in total. The predicted octanol–water partition coefficient (Wildman–Crippen LogP) is 1.30. The van der Waals surface area contributed by atoms with Gasteiger partial charge in [-0.1, -0.05) is 12.1 Å². The van der Waals surface area contributed by atoms with Gasteiger partial charge in [0, 0.05) is 25.9 Å². The number of carbonyl (C=O) groups is 1. The Morgan fingerprint density at radius 1 is 1.41 bits per heavy atom. The summed E-state index contributed by atoms with van der Waals surface area (Å²) in [7, 11) is 0. The molecule has 0 saturated carbocycles. The van der Waals surface area contributed by atoms with E-state index in [1.54, 1.807) is 11.3 Å². The van der Waals surface area contributed by atoms with Crippen LogP contribution in [-0.4, -0.2) is 24.0 Å². The summed E-state index contributed by atoms with van der Waals surface area (Å²) in [6.45, 7) is 1.02. The quantitative estimate of drug-likeness (QED) is 0.839. The zero-order chi connectivity index (χ0) is 12.1. The Hall–Kier alpha value is -1.46. The summed E-state index contributed by atoms with van der Waals surface area (Å²) >= 11 is 1.68. The molecule has 0 aliphatic carbocycles. The Labute approximate surface area is 104 Å². The van der Waals surface area contributed by atoms with Crippen LogP contribution in [0.4, 0.5) is 0 Å². The lowest BCUT2D eigenvalue weighted by Crippen LogP contribution is -2.27. The van der Waals surface area contributed by atoms with Crippen LogP contribution in [0.1, 0.15) is 11.4 Å². The van der Waals surface area contributed by atoms with Crippen molar-refractivity contribution in [2.24, 2.45) is 5.73 Å². The van der Waals surface area contributed by atoms with E-state index in [0.717, 1.165) is 16.9 Å². The zero-order valence-electron chi connectivity index (χ0n) is 9.48. The molecule has 1 aromatic carbocycles. The number of rotatable bonds is 5. The number of nitrogens with two attached hydrogens (primary N) is 1. The van der Waals surface area contributed by atoms with Crippen molar-refractivity contribution in [3.63, 3.8) is 0 Å². The van der Waals surface area contributed by atoms with Gasteiger partial charge in [0.25, 0.3) is 0 Å². The van der Waals surface area contributed by atoms with E-state index in [-0.39, 0.29) is 5.91 Å². The minimum Gasteiger partial charge on any atom is -0.356 e. The van der Waals surface area contributed by atoms with Gasteiger partial charge in [-0.25, -0.2) is 4.98 Å². The molecule has 3 N–H and O–H groups in total. The molecular formula is C12H15N3OS. The van der Waals surface area contributed by atoms with Crippen molar-refractivity contribution in [3.05, 3.63) is 29.3 Å². The average molecular weight is 249 g/mol. The molecule has 1 amide bonds. The third kappa shape index (κ3) is 3.25. The van der Waals surface area contributed by atoms with E-state index in [2.05, 4.69) is 16.4 Å². The van der Waals surface area contributed by atoms with Crippen LogP contribution < -0.4 is 11.1 Å². The van der Waals surface area contributed by atoms with Crippen LogP contribution in [0.2, 0.25) is 0 Å². The number of nitrogens with one attached hydrogen (secondary N) is 1. The SMILES string of the molecule is NCCC(=O)NCCc1nc2ccccc2s1. The normalized spacial score (nSPS) is 10.6. The van der Waals surface area contributed by atoms with Crippen molar-refractivity contribution in [3.8, 4) is 0 Å². The summed E-state index contributed by atoms with van der Waals surface area (Å²) < 4.78 is 1.19. The molecule has 90 valence electrons. The van der Waals surface area contributed by atoms with Crippen LogP contribution in [0.25, 0.3) is 10.2 Å². The van der Waals surface area contributed by atoms with Gasteiger partial charge in [0.05, 0.1) is 15.2 Å². The van der Waals surface area contributed by atoms with E-state index in [4.69, 9.17) is 5.73 Å². The van der Waals surface area contributed by atoms with Gasteiger partial charge >= 0.3 is 0 Å². The lowest BCUT2D eigenvalue weighted by Gasteiger charge is -2.01. The third-order valence-electron chi connectivity index (χ3n) is 2.37. The highest BCUT2D eigenvalue weighted by atomic mass is 32.1. The fourth-order valence-electron chi connectivity index (χ4n) is 1.56. The second-order valence-corrected chi connectivity index (χ2v) is 4.83. The molecule has 0 fully saturated rings. The van der Waals surface area contributed by atoms with Crippen molar-refractivity contribution < 1.29 is 4.79 Å². The number of fused-ring (bicyclic) bond motifs is 1. The number of hydrogen-bond acceptors (Lipinski definition) is 4. The fraction of sp³-hybridized carbons (Fsp3) is 0.333. The molecule has 0 unspecified atom stereocenters. The number of thiazole rings is 1. The van der Waals surface area contributed by atoms with Gasteiger partial charge in [0.2, 0.25) is 5.91 Å². The maximum atomic E-state index is 11.2. The number of para-hydroxylation sites is 1. The second kappa shape index (κ2) is 5.75. The van der Waals surface area contributed by atoms with Crippen LogP contribution in [0, 0.1) is 0 Å². The van der Waals surface area contributed by atoms with Gasteiger partial charge < -0.3 is 11.1 Å². The van der Waals surface area contributed by atoms with Gasteiger partial charge in [-0.15, -0.1) is 11.3 Å². The number of aromatic nitrogens is 1. The van der Waals surface area contributed by atoms with Crippen LogP contribution in [0.5, 0.6) is 0 Å². The number of hydrogen-bond donors (Lipinski definition) is 2. The molecule has 0 bridgehead atoms. The smallest absolute Gasteiger partial charge is 0.221 e. The van der Waals surface area contributed by atoms with Gasteiger partial charge in [0.15, 0.2) is 0 Å².